The van der Waals surface area contributed by atoms with Crippen molar-refractivity contribution in [3.8, 4) is 5.69 Å². The van der Waals surface area contributed by atoms with Gasteiger partial charge in [-0.25, -0.2) is 9.37 Å². The van der Waals surface area contributed by atoms with E-state index in [9.17, 15) is 19.1 Å². The maximum absolute atomic E-state index is 14.3. The number of benzene rings is 1. The summed E-state index contributed by atoms with van der Waals surface area (Å²) in [5.74, 6) is -2.96. The van der Waals surface area contributed by atoms with Crippen molar-refractivity contribution in [1.29, 1.82) is 0 Å². The molecule has 4 atom stereocenters. The fourth-order valence-corrected chi connectivity index (χ4v) is 4.09. The zero-order valence-corrected chi connectivity index (χ0v) is 13.9. The highest BCUT2D eigenvalue weighted by atomic mass is 19.1. The lowest BCUT2D eigenvalue weighted by Crippen LogP contribution is -2.39. The molecule has 0 saturated heterocycles. The molecule has 1 amide bonds. The van der Waals surface area contributed by atoms with Crippen LogP contribution in [0.1, 0.15) is 12.0 Å². The fraction of sp³-hybridized carbons (Fsp3) is 0.316. The lowest BCUT2D eigenvalue weighted by Gasteiger charge is -2.23. The minimum absolute atomic E-state index is 0.0264. The molecule has 1 aromatic carbocycles. The second kappa shape index (κ2) is 6.40. The van der Waals surface area contributed by atoms with E-state index in [1.807, 2.05) is 12.2 Å². The number of aromatic nitrogens is 2. The fourth-order valence-electron chi connectivity index (χ4n) is 4.09. The molecule has 1 aromatic heterocycles. The molecule has 2 bridgehead atoms. The second-order valence-corrected chi connectivity index (χ2v) is 6.81. The molecule has 2 aliphatic carbocycles. The van der Waals surface area contributed by atoms with Crippen LogP contribution in [-0.2, 0) is 16.1 Å². The molecule has 0 spiro atoms. The third-order valence-electron chi connectivity index (χ3n) is 5.31. The molecule has 1 saturated carbocycles. The van der Waals surface area contributed by atoms with E-state index in [2.05, 4.69) is 10.3 Å². The number of imidazole rings is 1. The van der Waals surface area contributed by atoms with Crippen molar-refractivity contribution in [1.82, 2.24) is 14.9 Å². The molecule has 0 aliphatic heterocycles. The molecule has 7 heteroatoms. The van der Waals surface area contributed by atoms with Gasteiger partial charge in [0.15, 0.2) is 0 Å². The van der Waals surface area contributed by atoms with E-state index in [0.29, 0.717) is 17.7 Å². The van der Waals surface area contributed by atoms with Gasteiger partial charge >= 0.3 is 5.97 Å². The highest BCUT2D eigenvalue weighted by Crippen LogP contribution is 2.48. The standard InChI is InChI=1S/C19H18FN3O3/c20-14-7-11(1-4-15(14)23-6-5-21-10-23)9-22-18(24)16-12-2-3-13(8-12)17(16)19(25)26/h1-7,10,12-13,16-17H,8-9H2,(H,22,24)(H,25,26). The number of carboxylic acids is 1. The average molecular weight is 355 g/mol. The summed E-state index contributed by atoms with van der Waals surface area (Å²) in [6, 6.07) is 4.72. The Bertz CT molecular complexity index is 878. The van der Waals surface area contributed by atoms with Crippen LogP contribution < -0.4 is 5.32 Å². The number of nitrogens with zero attached hydrogens (tertiary/aromatic N) is 2. The Morgan fingerprint density at radius 2 is 2.04 bits per heavy atom. The number of fused-ring (bicyclic) bond motifs is 2. The molecule has 4 rings (SSSR count). The Hall–Kier alpha value is -2.96. The number of carbonyl (C=O) groups excluding carboxylic acids is 1. The first-order valence-corrected chi connectivity index (χ1v) is 8.50. The van der Waals surface area contributed by atoms with Gasteiger partial charge < -0.3 is 15.0 Å². The van der Waals surface area contributed by atoms with Crippen LogP contribution in [0.2, 0.25) is 0 Å². The Labute approximate surface area is 149 Å². The monoisotopic (exact) mass is 355 g/mol. The van der Waals surface area contributed by atoms with Crippen LogP contribution in [0.25, 0.3) is 5.69 Å². The lowest BCUT2D eigenvalue weighted by atomic mass is 9.82. The van der Waals surface area contributed by atoms with Crippen molar-refractivity contribution in [3.05, 3.63) is 60.5 Å². The molecular weight excluding hydrogens is 337 g/mol. The first kappa shape index (κ1) is 16.5. The number of halogens is 1. The van der Waals surface area contributed by atoms with E-state index in [1.54, 1.807) is 29.1 Å². The number of carbonyl (C=O) groups is 2. The van der Waals surface area contributed by atoms with E-state index in [0.717, 1.165) is 0 Å². The Morgan fingerprint density at radius 1 is 1.27 bits per heavy atom. The lowest BCUT2D eigenvalue weighted by molar-refractivity contribution is -0.147. The molecule has 2 N–H and O–H groups in total. The number of rotatable bonds is 5. The third-order valence-corrected chi connectivity index (χ3v) is 5.31. The van der Waals surface area contributed by atoms with Gasteiger partial charge in [0, 0.05) is 18.9 Å². The summed E-state index contributed by atoms with van der Waals surface area (Å²) in [5.41, 5.74) is 0.993. The predicted molar refractivity (Wildman–Crippen MR) is 90.7 cm³/mol. The molecule has 134 valence electrons. The second-order valence-electron chi connectivity index (χ2n) is 6.81. The predicted octanol–water partition coefficient (Wildman–Crippen LogP) is 2.15. The Morgan fingerprint density at radius 3 is 2.69 bits per heavy atom. The molecule has 1 heterocycles. The SMILES string of the molecule is O=C(O)C1C2C=CC(C2)C1C(=O)NCc1ccc(-n2ccnc2)c(F)c1. The summed E-state index contributed by atoms with van der Waals surface area (Å²) in [6.07, 6.45) is 9.27. The maximum atomic E-state index is 14.3. The topological polar surface area (TPSA) is 84.2 Å². The van der Waals surface area contributed by atoms with E-state index in [1.165, 1.54) is 12.4 Å². The van der Waals surface area contributed by atoms with E-state index in [-0.39, 0.29) is 24.3 Å². The molecule has 4 unspecified atom stereocenters. The minimum Gasteiger partial charge on any atom is -0.481 e. The van der Waals surface area contributed by atoms with Gasteiger partial charge in [-0.1, -0.05) is 18.2 Å². The molecule has 0 radical (unpaired) electrons. The summed E-state index contributed by atoms with van der Waals surface area (Å²) in [7, 11) is 0. The molecule has 2 aromatic rings. The average Bonchev–Trinajstić information content (AvgIpc) is 3.35. The van der Waals surface area contributed by atoms with Crippen molar-refractivity contribution in [2.75, 3.05) is 0 Å². The van der Waals surface area contributed by atoms with Crippen molar-refractivity contribution < 1.29 is 19.1 Å². The highest BCUT2D eigenvalue weighted by molar-refractivity contribution is 5.86. The normalized spacial score (nSPS) is 26.2. The quantitative estimate of drug-likeness (QED) is 0.805. The van der Waals surface area contributed by atoms with Gasteiger partial charge in [0.25, 0.3) is 0 Å². The number of amides is 1. The smallest absolute Gasteiger partial charge is 0.307 e. The summed E-state index contributed by atoms with van der Waals surface area (Å²) in [5, 5.41) is 12.2. The zero-order chi connectivity index (χ0) is 18.3. The number of carboxylic acid groups (broad SMARTS) is 1. The molecular formula is C19H18FN3O3. The van der Waals surface area contributed by atoms with Crippen LogP contribution in [0.3, 0.4) is 0 Å². The number of hydrogen-bond acceptors (Lipinski definition) is 3. The van der Waals surface area contributed by atoms with Gasteiger partial charge in [0.05, 0.1) is 23.9 Å². The van der Waals surface area contributed by atoms with Gasteiger partial charge in [0.2, 0.25) is 5.91 Å². The maximum Gasteiger partial charge on any atom is 0.307 e. The van der Waals surface area contributed by atoms with Crippen LogP contribution in [0.15, 0.2) is 49.1 Å². The van der Waals surface area contributed by atoms with Crippen LogP contribution in [0, 0.1) is 29.5 Å². The molecule has 26 heavy (non-hydrogen) atoms. The van der Waals surface area contributed by atoms with Crippen molar-refractivity contribution in [3.63, 3.8) is 0 Å². The highest BCUT2D eigenvalue weighted by Gasteiger charge is 2.51. The van der Waals surface area contributed by atoms with Gasteiger partial charge in [-0.15, -0.1) is 0 Å². The summed E-state index contributed by atoms with van der Waals surface area (Å²) < 4.78 is 15.8. The molecule has 6 nitrogen and oxygen atoms in total. The first-order chi connectivity index (χ1) is 12.5. The van der Waals surface area contributed by atoms with Crippen molar-refractivity contribution >= 4 is 11.9 Å². The van der Waals surface area contributed by atoms with Crippen LogP contribution in [0.5, 0.6) is 0 Å². The number of aliphatic carboxylic acids is 1. The summed E-state index contributed by atoms with van der Waals surface area (Å²) in [6.45, 7) is 0.157. The summed E-state index contributed by atoms with van der Waals surface area (Å²) in [4.78, 5) is 27.9. The van der Waals surface area contributed by atoms with Crippen LogP contribution in [-0.4, -0.2) is 26.5 Å². The number of allylic oxidation sites excluding steroid dienone is 2. The molecule has 2 aliphatic rings. The molecule has 1 fully saturated rings. The van der Waals surface area contributed by atoms with Crippen molar-refractivity contribution in [2.45, 2.75) is 13.0 Å². The third kappa shape index (κ3) is 2.79. The first-order valence-electron chi connectivity index (χ1n) is 8.50. The van der Waals surface area contributed by atoms with Crippen LogP contribution in [0.4, 0.5) is 4.39 Å². The number of nitrogens with one attached hydrogen (secondary N) is 1. The number of hydrogen-bond donors (Lipinski definition) is 2. The van der Waals surface area contributed by atoms with Gasteiger partial charge in [-0.2, -0.15) is 0 Å². The summed E-state index contributed by atoms with van der Waals surface area (Å²) >= 11 is 0. The van der Waals surface area contributed by atoms with Gasteiger partial charge in [0.1, 0.15) is 5.82 Å². The minimum atomic E-state index is -0.933. The largest absolute Gasteiger partial charge is 0.481 e. The van der Waals surface area contributed by atoms with E-state index < -0.39 is 23.6 Å². The Kier molecular flexibility index (Phi) is 4.06. The van der Waals surface area contributed by atoms with E-state index in [4.69, 9.17) is 0 Å². The zero-order valence-electron chi connectivity index (χ0n) is 13.9. The van der Waals surface area contributed by atoms with E-state index >= 15 is 0 Å². The van der Waals surface area contributed by atoms with Crippen molar-refractivity contribution in [2.24, 2.45) is 23.7 Å². The Balaban J connectivity index is 1.44. The van der Waals surface area contributed by atoms with Crippen LogP contribution >= 0.6 is 0 Å². The van der Waals surface area contributed by atoms with Gasteiger partial charge in [-0.05, 0) is 36.0 Å². The van der Waals surface area contributed by atoms with Gasteiger partial charge in [-0.3, -0.25) is 9.59 Å².